The van der Waals surface area contributed by atoms with Gasteiger partial charge in [0.2, 0.25) is 5.91 Å². The maximum absolute atomic E-state index is 11.0. The fourth-order valence-electron chi connectivity index (χ4n) is 0.783. The zero-order chi connectivity index (χ0) is 9.40. The van der Waals surface area contributed by atoms with E-state index in [1.807, 2.05) is 13.8 Å². The lowest BCUT2D eigenvalue weighted by atomic mass is 10.2. The second-order valence-corrected chi connectivity index (χ2v) is 2.74. The Kier molecular flexibility index (Phi) is 6.34. The molecule has 0 rings (SSSR count). The molecule has 0 aliphatic rings. The maximum Gasteiger partial charge on any atom is 0.220 e. The smallest absolute Gasteiger partial charge is 0.220 e. The summed E-state index contributed by atoms with van der Waals surface area (Å²) in [6, 6.07) is 0. The third-order valence-corrected chi connectivity index (χ3v) is 1.60. The molecule has 0 saturated carbocycles. The standard InChI is InChI=1S/C9H17NO2/c1-3-7-10-9(12)6-5-8(11)4-2/h3-7H2,1-2H3,(H,10,12). The molecule has 3 nitrogen and oxygen atoms in total. The van der Waals surface area contributed by atoms with E-state index in [1.54, 1.807) is 0 Å². The minimum Gasteiger partial charge on any atom is -0.356 e. The summed E-state index contributed by atoms with van der Waals surface area (Å²) in [4.78, 5) is 21.8. The van der Waals surface area contributed by atoms with Gasteiger partial charge in [-0.25, -0.2) is 0 Å². The Bertz CT molecular complexity index is 155. The fourth-order valence-corrected chi connectivity index (χ4v) is 0.783. The highest BCUT2D eigenvalue weighted by molar-refractivity contribution is 5.84. The molecule has 0 aromatic rings. The largest absolute Gasteiger partial charge is 0.356 e. The molecule has 0 aliphatic carbocycles. The summed E-state index contributed by atoms with van der Waals surface area (Å²) >= 11 is 0. The molecular weight excluding hydrogens is 154 g/mol. The first kappa shape index (κ1) is 11.1. The minimum atomic E-state index is -0.0151. The Morgan fingerprint density at radius 1 is 1.17 bits per heavy atom. The number of nitrogens with one attached hydrogen (secondary N) is 1. The van der Waals surface area contributed by atoms with Gasteiger partial charge in [0, 0.05) is 25.8 Å². The van der Waals surface area contributed by atoms with Crippen molar-refractivity contribution in [1.29, 1.82) is 0 Å². The highest BCUT2D eigenvalue weighted by Gasteiger charge is 2.03. The van der Waals surface area contributed by atoms with Crippen LogP contribution in [0, 0.1) is 0 Å². The van der Waals surface area contributed by atoms with E-state index in [4.69, 9.17) is 0 Å². The summed E-state index contributed by atoms with van der Waals surface area (Å²) in [7, 11) is 0. The molecule has 0 atom stereocenters. The van der Waals surface area contributed by atoms with Crippen molar-refractivity contribution in [3.05, 3.63) is 0 Å². The topological polar surface area (TPSA) is 46.2 Å². The number of Topliss-reactive ketones (excluding diaryl/α,β-unsaturated/α-hetero) is 1. The molecule has 12 heavy (non-hydrogen) atoms. The molecule has 1 amide bonds. The molecule has 0 heterocycles. The van der Waals surface area contributed by atoms with Crippen LogP contribution < -0.4 is 5.32 Å². The molecule has 0 aliphatic heterocycles. The molecule has 70 valence electrons. The van der Waals surface area contributed by atoms with Gasteiger partial charge in [-0.1, -0.05) is 13.8 Å². The van der Waals surface area contributed by atoms with E-state index in [2.05, 4.69) is 5.32 Å². The summed E-state index contributed by atoms with van der Waals surface area (Å²) in [6.45, 7) is 4.52. The third-order valence-electron chi connectivity index (χ3n) is 1.60. The van der Waals surface area contributed by atoms with Crippen LogP contribution in [-0.2, 0) is 9.59 Å². The first-order chi connectivity index (χ1) is 5.70. The third kappa shape index (κ3) is 5.89. The summed E-state index contributed by atoms with van der Waals surface area (Å²) in [5.41, 5.74) is 0. The van der Waals surface area contributed by atoms with Gasteiger partial charge in [0.25, 0.3) is 0 Å². The predicted molar refractivity (Wildman–Crippen MR) is 47.8 cm³/mol. The lowest BCUT2D eigenvalue weighted by Gasteiger charge is -2.01. The van der Waals surface area contributed by atoms with E-state index < -0.39 is 0 Å². The number of carbonyl (C=O) groups is 2. The van der Waals surface area contributed by atoms with Gasteiger partial charge >= 0.3 is 0 Å². The molecule has 0 aromatic carbocycles. The quantitative estimate of drug-likeness (QED) is 0.654. The molecule has 0 unspecified atom stereocenters. The van der Waals surface area contributed by atoms with Gasteiger partial charge in [-0.05, 0) is 6.42 Å². The van der Waals surface area contributed by atoms with Crippen molar-refractivity contribution in [3.8, 4) is 0 Å². The highest BCUT2D eigenvalue weighted by Crippen LogP contribution is 1.94. The Morgan fingerprint density at radius 2 is 1.83 bits per heavy atom. The average Bonchev–Trinajstić information content (AvgIpc) is 2.10. The van der Waals surface area contributed by atoms with Crippen LogP contribution in [0.4, 0.5) is 0 Å². The number of amides is 1. The Balaban J connectivity index is 3.37. The SMILES string of the molecule is CCCNC(=O)CCC(=O)CC. The van der Waals surface area contributed by atoms with Crippen LogP contribution in [-0.4, -0.2) is 18.2 Å². The van der Waals surface area contributed by atoms with Crippen LogP contribution in [0.25, 0.3) is 0 Å². The van der Waals surface area contributed by atoms with E-state index >= 15 is 0 Å². The van der Waals surface area contributed by atoms with Crippen LogP contribution in [0.2, 0.25) is 0 Å². The molecule has 0 spiro atoms. The van der Waals surface area contributed by atoms with Crippen LogP contribution in [0.5, 0.6) is 0 Å². The normalized spacial score (nSPS) is 9.50. The maximum atomic E-state index is 11.0. The van der Waals surface area contributed by atoms with Crippen molar-refractivity contribution in [1.82, 2.24) is 5.32 Å². The Labute approximate surface area is 73.5 Å². The van der Waals surface area contributed by atoms with E-state index in [1.165, 1.54) is 0 Å². The van der Waals surface area contributed by atoms with E-state index in [9.17, 15) is 9.59 Å². The predicted octanol–water partition coefficient (Wildman–Crippen LogP) is 1.27. The lowest BCUT2D eigenvalue weighted by molar-refractivity contribution is -0.125. The monoisotopic (exact) mass is 171 g/mol. The number of ketones is 1. The number of hydrogen-bond donors (Lipinski definition) is 1. The minimum absolute atomic E-state index is 0.0151. The summed E-state index contributed by atoms with van der Waals surface area (Å²) in [6.07, 6.45) is 2.19. The van der Waals surface area contributed by atoms with Crippen molar-refractivity contribution in [2.75, 3.05) is 6.54 Å². The van der Waals surface area contributed by atoms with Crippen LogP contribution in [0.1, 0.15) is 39.5 Å². The lowest BCUT2D eigenvalue weighted by Crippen LogP contribution is -2.24. The first-order valence-corrected chi connectivity index (χ1v) is 4.49. The summed E-state index contributed by atoms with van der Waals surface area (Å²) in [5, 5.41) is 2.72. The Morgan fingerprint density at radius 3 is 2.33 bits per heavy atom. The van der Waals surface area contributed by atoms with Crippen LogP contribution in [0.3, 0.4) is 0 Å². The van der Waals surface area contributed by atoms with Crippen molar-refractivity contribution in [2.24, 2.45) is 0 Å². The molecule has 1 N–H and O–H groups in total. The van der Waals surface area contributed by atoms with Gasteiger partial charge < -0.3 is 5.32 Å². The van der Waals surface area contributed by atoms with Crippen molar-refractivity contribution in [3.63, 3.8) is 0 Å². The van der Waals surface area contributed by atoms with Crippen molar-refractivity contribution in [2.45, 2.75) is 39.5 Å². The molecule has 0 fully saturated rings. The molecule has 0 bridgehead atoms. The Hall–Kier alpha value is -0.860. The van der Waals surface area contributed by atoms with E-state index in [-0.39, 0.29) is 11.7 Å². The highest BCUT2D eigenvalue weighted by atomic mass is 16.2. The van der Waals surface area contributed by atoms with Gasteiger partial charge in [0.15, 0.2) is 0 Å². The van der Waals surface area contributed by atoms with Crippen molar-refractivity contribution < 1.29 is 9.59 Å². The average molecular weight is 171 g/mol. The second-order valence-electron chi connectivity index (χ2n) is 2.74. The molecule has 0 aromatic heterocycles. The number of rotatable bonds is 6. The zero-order valence-electron chi connectivity index (χ0n) is 7.85. The summed E-state index contributed by atoms with van der Waals surface area (Å²) < 4.78 is 0. The second kappa shape index (κ2) is 6.83. The molecule has 0 saturated heterocycles. The molecular formula is C9H17NO2. The van der Waals surface area contributed by atoms with Gasteiger partial charge in [-0.2, -0.15) is 0 Å². The summed E-state index contributed by atoms with van der Waals surface area (Å²) in [5.74, 6) is 0.139. The fraction of sp³-hybridized carbons (Fsp3) is 0.778. The number of hydrogen-bond acceptors (Lipinski definition) is 2. The van der Waals surface area contributed by atoms with Crippen LogP contribution >= 0.6 is 0 Å². The van der Waals surface area contributed by atoms with Gasteiger partial charge in [0.1, 0.15) is 5.78 Å². The molecule has 3 heteroatoms. The van der Waals surface area contributed by atoms with E-state index in [0.29, 0.717) is 25.8 Å². The zero-order valence-corrected chi connectivity index (χ0v) is 7.85. The van der Waals surface area contributed by atoms with Crippen molar-refractivity contribution >= 4 is 11.7 Å². The molecule has 0 radical (unpaired) electrons. The van der Waals surface area contributed by atoms with Gasteiger partial charge in [-0.15, -0.1) is 0 Å². The number of carbonyl (C=O) groups excluding carboxylic acids is 2. The van der Waals surface area contributed by atoms with Gasteiger partial charge in [0.05, 0.1) is 0 Å². The van der Waals surface area contributed by atoms with Gasteiger partial charge in [-0.3, -0.25) is 9.59 Å². The van der Waals surface area contributed by atoms with E-state index in [0.717, 1.165) is 6.42 Å². The first-order valence-electron chi connectivity index (χ1n) is 4.49. The van der Waals surface area contributed by atoms with Crippen LogP contribution in [0.15, 0.2) is 0 Å².